The van der Waals surface area contributed by atoms with E-state index in [9.17, 15) is 4.79 Å². The second-order valence-corrected chi connectivity index (χ2v) is 5.09. The van der Waals surface area contributed by atoms with Crippen molar-refractivity contribution in [1.82, 2.24) is 20.6 Å². The van der Waals surface area contributed by atoms with E-state index < -0.39 is 0 Å². The molecule has 6 nitrogen and oxygen atoms in total. The zero-order valence-corrected chi connectivity index (χ0v) is 12.2. The highest BCUT2D eigenvalue weighted by Crippen LogP contribution is 2.28. The van der Waals surface area contributed by atoms with Gasteiger partial charge in [0.05, 0.1) is 12.1 Å². The first-order valence-corrected chi connectivity index (χ1v) is 6.97. The van der Waals surface area contributed by atoms with E-state index in [4.69, 9.17) is 11.6 Å². The average molecular weight is 314 g/mol. The van der Waals surface area contributed by atoms with Crippen molar-refractivity contribution in [2.75, 3.05) is 5.32 Å². The Morgan fingerprint density at radius 3 is 2.73 bits per heavy atom. The number of hydrogen-bond donors (Lipinski definition) is 2. The van der Waals surface area contributed by atoms with Crippen molar-refractivity contribution in [3.8, 4) is 11.4 Å². The smallest absolute Gasteiger partial charge is 0.228 e. The summed E-state index contributed by atoms with van der Waals surface area (Å²) in [5, 5.41) is 17.0. The Balaban J connectivity index is 1.82. The monoisotopic (exact) mass is 313 g/mol. The Kier molecular flexibility index (Phi) is 4.11. The van der Waals surface area contributed by atoms with E-state index in [1.165, 1.54) is 0 Å². The summed E-state index contributed by atoms with van der Waals surface area (Å²) in [5.41, 5.74) is 2.17. The zero-order chi connectivity index (χ0) is 15.4. The molecular weight excluding hydrogens is 302 g/mol. The summed E-state index contributed by atoms with van der Waals surface area (Å²) in [5.74, 6) is 0.328. The third-order valence-corrected chi connectivity index (χ3v) is 3.30. The predicted molar refractivity (Wildman–Crippen MR) is 83.4 cm³/mol. The number of anilines is 1. The van der Waals surface area contributed by atoms with Gasteiger partial charge in [0, 0.05) is 10.6 Å². The molecule has 0 atom stereocenters. The lowest BCUT2D eigenvalue weighted by atomic mass is 10.1. The summed E-state index contributed by atoms with van der Waals surface area (Å²) < 4.78 is 0. The molecule has 0 aliphatic rings. The van der Waals surface area contributed by atoms with E-state index in [1.54, 1.807) is 18.2 Å². The fraction of sp³-hybridized carbons (Fsp3) is 0.0667. The van der Waals surface area contributed by atoms with E-state index in [2.05, 4.69) is 25.9 Å². The number of benzene rings is 2. The van der Waals surface area contributed by atoms with Crippen molar-refractivity contribution in [3.05, 3.63) is 59.1 Å². The van der Waals surface area contributed by atoms with Gasteiger partial charge in [0.1, 0.15) is 0 Å². The first-order chi connectivity index (χ1) is 10.7. The molecule has 2 N–H and O–H groups in total. The minimum Gasteiger partial charge on any atom is -0.325 e. The fourth-order valence-corrected chi connectivity index (χ4v) is 2.25. The van der Waals surface area contributed by atoms with Crippen LogP contribution in [0.4, 0.5) is 5.69 Å². The molecule has 0 saturated carbocycles. The highest BCUT2D eigenvalue weighted by Gasteiger charge is 2.12. The molecule has 2 aromatic carbocycles. The number of carbonyl (C=O) groups excluding carboxylic acids is 1. The van der Waals surface area contributed by atoms with Crippen molar-refractivity contribution in [3.63, 3.8) is 0 Å². The fourth-order valence-electron chi connectivity index (χ4n) is 2.08. The van der Waals surface area contributed by atoms with Gasteiger partial charge in [0.25, 0.3) is 0 Å². The molecule has 0 bridgehead atoms. The number of aromatic nitrogens is 4. The van der Waals surface area contributed by atoms with Gasteiger partial charge in [0.2, 0.25) is 5.91 Å². The molecule has 0 spiro atoms. The van der Waals surface area contributed by atoms with Crippen molar-refractivity contribution >= 4 is 23.2 Å². The van der Waals surface area contributed by atoms with Crippen LogP contribution >= 0.6 is 11.6 Å². The van der Waals surface area contributed by atoms with Crippen LogP contribution in [-0.4, -0.2) is 26.5 Å². The summed E-state index contributed by atoms with van der Waals surface area (Å²) in [6, 6.07) is 14.6. The van der Waals surface area contributed by atoms with Gasteiger partial charge in [-0.25, -0.2) is 5.10 Å². The van der Waals surface area contributed by atoms with Crippen LogP contribution in [0.15, 0.2) is 48.5 Å². The van der Waals surface area contributed by atoms with Crippen LogP contribution < -0.4 is 5.32 Å². The standard InChI is InChI=1S/C15H12ClN5O/c16-11-6-7-12(15-18-20-21-19-15)13(9-11)17-14(22)8-10-4-2-1-3-5-10/h1-7,9H,8H2,(H,17,22)(H,18,19,20,21). The highest BCUT2D eigenvalue weighted by molar-refractivity contribution is 6.31. The number of nitrogens with zero attached hydrogens (tertiary/aromatic N) is 3. The minimum absolute atomic E-state index is 0.137. The van der Waals surface area contributed by atoms with Crippen LogP contribution in [-0.2, 0) is 11.2 Å². The lowest BCUT2D eigenvalue weighted by molar-refractivity contribution is -0.115. The summed E-state index contributed by atoms with van der Waals surface area (Å²) in [4.78, 5) is 12.2. The first kappa shape index (κ1) is 14.2. The molecule has 7 heteroatoms. The normalized spacial score (nSPS) is 10.4. The summed E-state index contributed by atoms with van der Waals surface area (Å²) >= 11 is 6.01. The van der Waals surface area contributed by atoms with Crippen molar-refractivity contribution in [1.29, 1.82) is 0 Å². The maximum Gasteiger partial charge on any atom is 0.228 e. The maximum absolute atomic E-state index is 12.2. The molecule has 0 radical (unpaired) electrons. The summed E-state index contributed by atoms with van der Waals surface area (Å²) in [6.45, 7) is 0. The minimum atomic E-state index is -0.137. The number of rotatable bonds is 4. The lowest BCUT2D eigenvalue weighted by Gasteiger charge is -2.10. The van der Waals surface area contributed by atoms with Crippen molar-refractivity contribution in [2.45, 2.75) is 6.42 Å². The van der Waals surface area contributed by atoms with Gasteiger partial charge in [-0.3, -0.25) is 4.79 Å². The van der Waals surface area contributed by atoms with Gasteiger partial charge in [-0.15, -0.1) is 5.10 Å². The number of amides is 1. The summed E-state index contributed by atoms with van der Waals surface area (Å²) in [6.07, 6.45) is 0.279. The molecule has 22 heavy (non-hydrogen) atoms. The van der Waals surface area contributed by atoms with Gasteiger partial charge < -0.3 is 5.32 Å². The third kappa shape index (κ3) is 3.29. The summed E-state index contributed by atoms with van der Waals surface area (Å²) in [7, 11) is 0. The molecule has 3 aromatic rings. The Hall–Kier alpha value is -2.73. The molecule has 1 heterocycles. The van der Waals surface area contributed by atoms with Crippen molar-refractivity contribution in [2.24, 2.45) is 0 Å². The molecule has 1 aromatic heterocycles. The SMILES string of the molecule is O=C(Cc1ccccc1)Nc1cc(Cl)ccc1-c1nnn[nH]1. The van der Waals surface area contributed by atoms with Crippen LogP contribution in [0.5, 0.6) is 0 Å². The first-order valence-electron chi connectivity index (χ1n) is 6.60. The lowest BCUT2D eigenvalue weighted by Crippen LogP contribution is -2.15. The predicted octanol–water partition coefficient (Wildman–Crippen LogP) is 2.70. The quantitative estimate of drug-likeness (QED) is 0.775. The topological polar surface area (TPSA) is 83.6 Å². The van der Waals surface area contributed by atoms with Gasteiger partial charge >= 0.3 is 0 Å². The molecule has 0 fully saturated rings. The largest absolute Gasteiger partial charge is 0.325 e. The number of carbonyl (C=O) groups is 1. The van der Waals surface area contributed by atoms with Crippen LogP contribution in [0.1, 0.15) is 5.56 Å². The number of hydrogen-bond acceptors (Lipinski definition) is 4. The Morgan fingerprint density at radius 1 is 1.18 bits per heavy atom. The average Bonchev–Trinajstić information content (AvgIpc) is 3.02. The molecule has 0 saturated heterocycles. The number of tetrazole rings is 1. The zero-order valence-electron chi connectivity index (χ0n) is 11.5. The Labute approximate surface area is 131 Å². The van der Waals surface area contributed by atoms with E-state index >= 15 is 0 Å². The van der Waals surface area contributed by atoms with E-state index in [-0.39, 0.29) is 12.3 Å². The van der Waals surface area contributed by atoms with Crippen LogP contribution in [0.25, 0.3) is 11.4 Å². The molecule has 0 aliphatic heterocycles. The van der Waals surface area contributed by atoms with Gasteiger partial charge in [0.15, 0.2) is 5.82 Å². The molecule has 0 aliphatic carbocycles. The van der Waals surface area contributed by atoms with Gasteiger partial charge in [-0.05, 0) is 34.2 Å². The highest BCUT2D eigenvalue weighted by atomic mass is 35.5. The van der Waals surface area contributed by atoms with E-state index in [0.29, 0.717) is 22.1 Å². The molecule has 1 amide bonds. The second kappa shape index (κ2) is 6.36. The second-order valence-electron chi connectivity index (χ2n) is 4.65. The Morgan fingerprint density at radius 2 is 2.00 bits per heavy atom. The molecule has 0 unspecified atom stereocenters. The molecule has 110 valence electrons. The van der Waals surface area contributed by atoms with E-state index in [1.807, 2.05) is 30.3 Å². The number of H-pyrrole nitrogens is 1. The molecule has 3 rings (SSSR count). The van der Waals surface area contributed by atoms with Gasteiger partial charge in [-0.2, -0.15) is 0 Å². The molecular formula is C15H12ClN5O. The number of nitrogens with one attached hydrogen (secondary N) is 2. The van der Waals surface area contributed by atoms with Gasteiger partial charge in [-0.1, -0.05) is 41.9 Å². The Bertz CT molecular complexity index is 774. The van der Waals surface area contributed by atoms with Crippen LogP contribution in [0.3, 0.4) is 0 Å². The maximum atomic E-state index is 12.2. The number of halogens is 1. The van der Waals surface area contributed by atoms with Crippen molar-refractivity contribution < 1.29 is 4.79 Å². The third-order valence-electron chi connectivity index (χ3n) is 3.06. The van der Waals surface area contributed by atoms with Crippen LogP contribution in [0.2, 0.25) is 5.02 Å². The van der Waals surface area contributed by atoms with Crippen LogP contribution in [0, 0.1) is 0 Å². The number of aromatic amines is 1. The van der Waals surface area contributed by atoms with E-state index in [0.717, 1.165) is 5.56 Å².